The Morgan fingerprint density at radius 2 is 1.02 bits per heavy atom. The largest absolute Gasteiger partial charge is 0.394 e. The van der Waals surface area contributed by atoms with Crippen LogP contribution < -0.4 is 0 Å². The van der Waals surface area contributed by atoms with E-state index in [0.29, 0.717) is 16.1 Å². The number of ether oxygens (including phenoxy) is 2. The van der Waals surface area contributed by atoms with Gasteiger partial charge in [-0.15, -0.1) is 0 Å². The van der Waals surface area contributed by atoms with Crippen LogP contribution in [0.2, 0.25) is 5.02 Å². The first-order chi connectivity index (χ1) is 23.9. The number of aliphatic hydroxyl groups excluding tert-OH is 8. The van der Waals surface area contributed by atoms with E-state index in [0.717, 1.165) is 36.4 Å². The maximum Gasteiger partial charge on any atom is 0.163 e. The van der Waals surface area contributed by atoms with E-state index >= 15 is 0 Å². The molecule has 0 saturated carbocycles. The number of nitrogens with zero attached hydrogens (tertiary/aromatic N) is 2. The van der Waals surface area contributed by atoms with Gasteiger partial charge in [-0.25, -0.2) is 0 Å². The summed E-state index contributed by atoms with van der Waals surface area (Å²) in [4.78, 5) is 0. The third kappa shape index (κ3) is 6.13. The van der Waals surface area contributed by atoms with Gasteiger partial charge >= 0.3 is 0 Å². The summed E-state index contributed by atoms with van der Waals surface area (Å²) in [6.45, 7) is -1.17. The molecule has 0 bridgehead atoms. The summed E-state index contributed by atoms with van der Waals surface area (Å²) in [5.74, 6) is -0.557. The van der Waals surface area contributed by atoms with Gasteiger partial charge in [-0.1, -0.05) is 55.6 Å². The highest BCUT2D eigenvalue weighted by Crippen LogP contribution is 2.45. The van der Waals surface area contributed by atoms with Crippen molar-refractivity contribution in [3.8, 4) is 0 Å². The summed E-state index contributed by atoms with van der Waals surface area (Å²) >= 11 is 13.5. The molecule has 0 radical (unpaired) electrons. The Kier molecular flexibility index (Phi) is 10.2. The molecule has 12 nitrogen and oxygen atoms in total. The van der Waals surface area contributed by atoms with Gasteiger partial charge in [-0.3, -0.25) is 0 Å². The molecule has 4 heterocycles. The van der Waals surface area contributed by atoms with Crippen molar-refractivity contribution >= 4 is 65.3 Å². The van der Waals surface area contributed by atoms with Crippen LogP contribution >= 0.6 is 43.5 Å². The smallest absolute Gasteiger partial charge is 0.163 e. The second kappa shape index (κ2) is 14.2. The zero-order valence-electron chi connectivity index (χ0n) is 26.1. The molecule has 8 N–H and O–H groups in total. The quantitative estimate of drug-likeness (QED) is 0.121. The van der Waals surface area contributed by atoms with Crippen LogP contribution in [0.3, 0.4) is 0 Å². The molecule has 3 aromatic carbocycles. The van der Waals surface area contributed by atoms with E-state index in [1.807, 2.05) is 48.5 Å². The minimum absolute atomic E-state index is 0.519. The van der Waals surface area contributed by atoms with E-state index in [9.17, 15) is 40.9 Å². The standard InChI is InChI=1S/C35H35Br2ClN2O10/c36-16-3-7-23-19(9-16)21(11-39(23)34-32(47)30(45)28(43)25(13-41)49-34)27(15-1-5-18(38)6-2-15)22-12-40(24-8-4-17(37)10-20(22)24)35-33(48)31(46)29(44)26(14-42)50-35/h1-12,25-35,41-48H,13-14H2/t25-,26-,28-,29-,30+,31+,32-,33-,34-,35-/m1/s1. The molecule has 5 aromatic rings. The minimum atomic E-state index is -1.59. The topological polar surface area (TPSA) is 190 Å². The molecule has 0 amide bonds. The van der Waals surface area contributed by atoms with Gasteiger partial charge in [-0.2, -0.15) is 0 Å². The van der Waals surface area contributed by atoms with E-state index < -0.39 is 80.4 Å². The van der Waals surface area contributed by atoms with Gasteiger partial charge in [0.15, 0.2) is 12.5 Å². The summed E-state index contributed by atoms with van der Waals surface area (Å²) in [6, 6.07) is 18.5. The molecule has 0 spiro atoms. The lowest BCUT2D eigenvalue weighted by Crippen LogP contribution is -2.56. The van der Waals surface area contributed by atoms with Crippen LogP contribution in [0, 0.1) is 0 Å². The molecule has 2 aliphatic heterocycles. The molecule has 0 unspecified atom stereocenters. The predicted molar refractivity (Wildman–Crippen MR) is 190 cm³/mol. The zero-order chi connectivity index (χ0) is 35.6. The highest BCUT2D eigenvalue weighted by atomic mass is 79.9. The first-order valence-electron chi connectivity index (χ1n) is 15.9. The SMILES string of the molecule is OC[C@H]1O[C@@H](n2cc(C(c3ccc(Cl)cc3)c3cn([C@@H]4O[C@H](CO)[C@@H](O)[C@H](O)[C@H]4O)c4ccc(Br)cc34)c3cc(Br)ccc32)[C@H](O)[C@@H](O)[C@@H]1O. The van der Waals surface area contributed by atoms with Crippen molar-refractivity contribution in [2.75, 3.05) is 13.2 Å². The van der Waals surface area contributed by atoms with Crippen LogP contribution in [0.5, 0.6) is 0 Å². The maximum absolute atomic E-state index is 11.2. The average molecular weight is 839 g/mol. The number of hydrogen-bond donors (Lipinski definition) is 8. The Morgan fingerprint density at radius 3 is 1.42 bits per heavy atom. The molecule has 10 atom stereocenters. The fraction of sp³-hybridized carbons (Fsp3) is 0.371. The van der Waals surface area contributed by atoms with E-state index in [1.54, 1.807) is 33.7 Å². The third-order valence-electron chi connectivity index (χ3n) is 9.76. The summed E-state index contributed by atoms with van der Waals surface area (Å²) < 4.78 is 16.9. The number of aromatic nitrogens is 2. The number of benzene rings is 3. The van der Waals surface area contributed by atoms with Gasteiger partial charge in [-0.05, 0) is 65.2 Å². The second-order valence-corrected chi connectivity index (χ2v) is 15.0. The number of rotatable bonds is 7. The number of aliphatic hydroxyl groups is 8. The lowest BCUT2D eigenvalue weighted by molar-refractivity contribution is -0.250. The average Bonchev–Trinajstić information content (AvgIpc) is 3.65. The monoisotopic (exact) mass is 836 g/mol. The van der Waals surface area contributed by atoms with Gasteiger partial charge in [0.2, 0.25) is 0 Å². The Labute approximate surface area is 307 Å². The van der Waals surface area contributed by atoms with E-state index in [1.165, 1.54) is 0 Å². The number of hydrogen-bond acceptors (Lipinski definition) is 10. The molecular formula is C35H35Br2ClN2O10. The molecule has 2 aromatic heterocycles. The fourth-order valence-corrected chi connectivity index (χ4v) is 8.04. The summed E-state index contributed by atoms with van der Waals surface area (Å²) in [5.41, 5.74) is 3.56. The molecular weight excluding hydrogens is 804 g/mol. The Balaban J connectivity index is 1.47. The summed E-state index contributed by atoms with van der Waals surface area (Å²) in [6.07, 6.45) is -10.4. The van der Waals surface area contributed by atoms with Crippen molar-refractivity contribution in [3.05, 3.63) is 104 Å². The van der Waals surface area contributed by atoms with Gasteiger partial charge in [0.05, 0.1) is 24.2 Å². The minimum Gasteiger partial charge on any atom is -0.394 e. The second-order valence-electron chi connectivity index (χ2n) is 12.7. The van der Waals surface area contributed by atoms with E-state index in [4.69, 9.17) is 21.1 Å². The van der Waals surface area contributed by atoms with Crippen molar-refractivity contribution in [1.82, 2.24) is 9.13 Å². The van der Waals surface area contributed by atoms with Gasteiger partial charge in [0.25, 0.3) is 0 Å². The highest BCUT2D eigenvalue weighted by Gasteiger charge is 2.46. The molecule has 2 fully saturated rings. The third-order valence-corrected chi connectivity index (χ3v) is 11.0. The lowest BCUT2D eigenvalue weighted by atomic mass is 9.85. The van der Waals surface area contributed by atoms with Gasteiger partial charge in [0.1, 0.15) is 48.8 Å². The summed E-state index contributed by atoms with van der Waals surface area (Å²) in [7, 11) is 0. The van der Waals surface area contributed by atoms with Crippen LogP contribution in [0.25, 0.3) is 21.8 Å². The highest BCUT2D eigenvalue weighted by molar-refractivity contribution is 9.10. The van der Waals surface area contributed by atoms with Crippen molar-refractivity contribution < 1.29 is 50.3 Å². The molecule has 15 heteroatoms. The van der Waals surface area contributed by atoms with Crippen LogP contribution in [0.15, 0.2) is 82.0 Å². The predicted octanol–water partition coefficient (Wildman–Crippen LogP) is 2.90. The van der Waals surface area contributed by atoms with Crippen LogP contribution in [-0.4, -0.2) is 112 Å². The van der Waals surface area contributed by atoms with Crippen molar-refractivity contribution in [1.29, 1.82) is 0 Å². The molecule has 266 valence electrons. The number of halogens is 3. The molecule has 2 aliphatic rings. The molecule has 2 saturated heterocycles. The van der Waals surface area contributed by atoms with Crippen molar-refractivity contribution in [2.24, 2.45) is 0 Å². The van der Waals surface area contributed by atoms with E-state index in [2.05, 4.69) is 31.9 Å². The maximum atomic E-state index is 11.2. The Bertz CT molecular complexity index is 1880. The molecule has 0 aliphatic carbocycles. The fourth-order valence-electron chi connectivity index (χ4n) is 7.19. The van der Waals surface area contributed by atoms with Gasteiger partial charge in [0, 0.05) is 43.1 Å². The van der Waals surface area contributed by atoms with Crippen molar-refractivity contribution in [2.45, 2.75) is 67.2 Å². The van der Waals surface area contributed by atoms with Crippen LogP contribution in [0.4, 0.5) is 0 Å². The zero-order valence-corrected chi connectivity index (χ0v) is 30.0. The molecule has 50 heavy (non-hydrogen) atoms. The Morgan fingerprint density at radius 1 is 0.600 bits per heavy atom. The number of fused-ring (bicyclic) bond motifs is 2. The van der Waals surface area contributed by atoms with Gasteiger partial charge < -0.3 is 59.5 Å². The van der Waals surface area contributed by atoms with E-state index in [-0.39, 0.29) is 0 Å². The summed E-state index contributed by atoms with van der Waals surface area (Å²) in [5, 5.41) is 86.6. The lowest BCUT2D eigenvalue weighted by Gasteiger charge is -2.40. The molecule has 7 rings (SSSR count). The van der Waals surface area contributed by atoms with Crippen LogP contribution in [0.1, 0.15) is 35.1 Å². The first-order valence-corrected chi connectivity index (χ1v) is 17.9. The van der Waals surface area contributed by atoms with Crippen LogP contribution in [-0.2, 0) is 9.47 Å². The Hall–Kier alpha value is -2.41. The first kappa shape index (κ1) is 36.0. The van der Waals surface area contributed by atoms with Crippen molar-refractivity contribution in [3.63, 3.8) is 0 Å². The normalized spacial score (nSPS) is 30.5.